The summed E-state index contributed by atoms with van der Waals surface area (Å²) in [6.07, 6.45) is 2.64. The Morgan fingerprint density at radius 2 is 1.89 bits per heavy atom. The second-order valence-corrected chi connectivity index (χ2v) is 9.14. The summed E-state index contributed by atoms with van der Waals surface area (Å²) >= 11 is 0. The average molecular weight is 389 g/mol. The van der Waals surface area contributed by atoms with E-state index in [1.165, 1.54) is 17.5 Å². The van der Waals surface area contributed by atoms with Crippen LogP contribution in [0.15, 0.2) is 29.3 Å². The van der Waals surface area contributed by atoms with Crippen molar-refractivity contribution in [3.63, 3.8) is 0 Å². The summed E-state index contributed by atoms with van der Waals surface area (Å²) in [4.78, 5) is 7.05. The zero-order valence-corrected chi connectivity index (χ0v) is 18.7. The molecule has 2 rings (SSSR count). The lowest BCUT2D eigenvalue weighted by Gasteiger charge is -2.40. The fraction of sp³-hybridized carbons (Fsp3) is 0.696. The van der Waals surface area contributed by atoms with Crippen LogP contribution in [0.5, 0.6) is 0 Å². The van der Waals surface area contributed by atoms with Gasteiger partial charge in [0.2, 0.25) is 0 Å². The molecule has 1 aliphatic heterocycles. The minimum Gasteiger partial charge on any atom is -0.377 e. The molecule has 0 saturated carbocycles. The minimum absolute atomic E-state index is 0.160. The van der Waals surface area contributed by atoms with Crippen LogP contribution in [-0.4, -0.2) is 50.8 Å². The molecule has 0 amide bonds. The molecule has 0 spiro atoms. The lowest BCUT2D eigenvalue weighted by atomic mass is 9.78. The summed E-state index contributed by atoms with van der Waals surface area (Å²) in [5, 5.41) is 6.97. The van der Waals surface area contributed by atoms with Crippen molar-refractivity contribution < 1.29 is 4.74 Å². The van der Waals surface area contributed by atoms with E-state index in [-0.39, 0.29) is 11.5 Å². The summed E-state index contributed by atoms with van der Waals surface area (Å²) in [6.45, 7) is 13.2. The van der Waals surface area contributed by atoms with Gasteiger partial charge in [0.25, 0.3) is 0 Å². The largest absolute Gasteiger partial charge is 0.377 e. The minimum atomic E-state index is 0.160. The van der Waals surface area contributed by atoms with E-state index >= 15 is 0 Å². The molecule has 1 heterocycles. The molecule has 0 aliphatic carbocycles. The van der Waals surface area contributed by atoms with E-state index in [4.69, 9.17) is 9.73 Å². The molecular weight excluding hydrogens is 348 g/mol. The quantitative estimate of drug-likeness (QED) is 0.553. The Morgan fingerprint density at radius 3 is 2.54 bits per heavy atom. The van der Waals surface area contributed by atoms with Gasteiger partial charge in [0.05, 0.1) is 12.6 Å². The van der Waals surface area contributed by atoms with E-state index in [1.54, 1.807) is 0 Å². The summed E-state index contributed by atoms with van der Waals surface area (Å²) in [7, 11) is 4.20. The van der Waals surface area contributed by atoms with Gasteiger partial charge in [-0.1, -0.05) is 45.0 Å². The van der Waals surface area contributed by atoms with Gasteiger partial charge in [-0.3, -0.25) is 0 Å². The molecule has 2 N–H and O–H groups in total. The van der Waals surface area contributed by atoms with Gasteiger partial charge in [0.1, 0.15) is 0 Å². The number of ether oxygens (including phenoxy) is 1. The predicted molar refractivity (Wildman–Crippen MR) is 119 cm³/mol. The fourth-order valence-electron chi connectivity index (χ4n) is 3.95. The van der Waals surface area contributed by atoms with E-state index in [0.29, 0.717) is 12.5 Å². The van der Waals surface area contributed by atoms with E-state index in [0.717, 1.165) is 38.6 Å². The van der Waals surface area contributed by atoms with Crippen molar-refractivity contribution in [2.45, 2.75) is 59.7 Å². The molecule has 5 nitrogen and oxygen atoms in total. The van der Waals surface area contributed by atoms with Crippen molar-refractivity contribution in [1.82, 2.24) is 15.5 Å². The fourth-order valence-corrected chi connectivity index (χ4v) is 3.95. The Morgan fingerprint density at radius 1 is 1.18 bits per heavy atom. The zero-order valence-electron chi connectivity index (χ0n) is 18.7. The number of guanidine groups is 1. The van der Waals surface area contributed by atoms with Crippen LogP contribution < -0.4 is 10.6 Å². The van der Waals surface area contributed by atoms with E-state index in [1.807, 2.05) is 0 Å². The van der Waals surface area contributed by atoms with E-state index in [9.17, 15) is 0 Å². The van der Waals surface area contributed by atoms with Crippen LogP contribution >= 0.6 is 0 Å². The van der Waals surface area contributed by atoms with Crippen LogP contribution in [0.2, 0.25) is 0 Å². The average Bonchev–Trinajstić information content (AvgIpc) is 2.64. The van der Waals surface area contributed by atoms with E-state index < -0.39 is 0 Å². The Hall–Kier alpha value is -1.59. The van der Waals surface area contributed by atoms with Gasteiger partial charge >= 0.3 is 0 Å². The van der Waals surface area contributed by atoms with Crippen LogP contribution in [0.3, 0.4) is 0 Å². The first-order valence-corrected chi connectivity index (χ1v) is 10.7. The van der Waals surface area contributed by atoms with Crippen molar-refractivity contribution in [2.24, 2.45) is 16.3 Å². The van der Waals surface area contributed by atoms with Crippen LogP contribution in [0.1, 0.15) is 51.7 Å². The lowest BCUT2D eigenvalue weighted by molar-refractivity contribution is -0.0835. The highest BCUT2D eigenvalue weighted by atomic mass is 16.5. The lowest BCUT2D eigenvalue weighted by Crippen LogP contribution is -2.47. The molecule has 2 unspecified atom stereocenters. The zero-order chi connectivity index (χ0) is 20.6. The van der Waals surface area contributed by atoms with Crippen molar-refractivity contribution in [3.05, 3.63) is 35.4 Å². The predicted octanol–water partition coefficient (Wildman–Crippen LogP) is 3.64. The third-order valence-corrected chi connectivity index (χ3v) is 5.19. The maximum Gasteiger partial charge on any atom is 0.191 e. The summed E-state index contributed by atoms with van der Waals surface area (Å²) in [6, 6.07) is 8.57. The molecule has 158 valence electrons. The number of nitrogens with one attached hydrogen (secondary N) is 2. The Labute approximate surface area is 171 Å². The molecule has 0 bridgehead atoms. The normalized spacial score (nSPS) is 21.0. The van der Waals surface area contributed by atoms with Gasteiger partial charge in [-0.05, 0) is 50.4 Å². The third-order valence-electron chi connectivity index (χ3n) is 5.19. The highest BCUT2D eigenvalue weighted by Gasteiger charge is 2.35. The first-order chi connectivity index (χ1) is 13.3. The number of rotatable bonds is 7. The van der Waals surface area contributed by atoms with Crippen LogP contribution in [0.4, 0.5) is 0 Å². The van der Waals surface area contributed by atoms with Crippen molar-refractivity contribution in [3.8, 4) is 0 Å². The molecule has 1 aromatic rings. The number of benzene rings is 1. The van der Waals surface area contributed by atoms with E-state index in [2.05, 4.69) is 81.6 Å². The molecule has 5 heteroatoms. The monoisotopic (exact) mass is 388 g/mol. The topological polar surface area (TPSA) is 48.9 Å². The van der Waals surface area contributed by atoms with Gasteiger partial charge in [-0.2, -0.15) is 0 Å². The van der Waals surface area contributed by atoms with Crippen molar-refractivity contribution >= 4 is 5.96 Å². The third kappa shape index (κ3) is 7.10. The first kappa shape index (κ1) is 22.7. The number of aliphatic imine (C=N–C) groups is 1. The van der Waals surface area contributed by atoms with Gasteiger partial charge in [-0.15, -0.1) is 0 Å². The number of hydrogen-bond acceptors (Lipinski definition) is 3. The Bertz CT molecular complexity index is 621. The molecule has 0 aromatic heterocycles. The van der Waals surface area contributed by atoms with Gasteiger partial charge in [-0.25, -0.2) is 4.99 Å². The molecule has 1 fully saturated rings. The molecule has 1 aliphatic rings. The highest BCUT2D eigenvalue weighted by Crippen LogP contribution is 2.33. The Kier molecular flexibility index (Phi) is 8.77. The summed E-state index contributed by atoms with van der Waals surface area (Å²) in [5.74, 6) is 1.40. The maximum absolute atomic E-state index is 6.12. The maximum atomic E-state index is 6.12. The Balaban J connectivity index is 2.03. The highest BCUT2D eigenvalue weighted by molar-refractivity contribution is 5.79. The number of nitrogens with zero attached hydrogens (tertiary/aromatic N) is 2. The molecular formula is C23H40N4O. The van der Waals surface area contributed by atoms with Gasteiger partial charge in [0, 0.05) is 32.2 Å². The van der Waals surface area contributed by atoms with Gasteiger partial charge in [0.15, 0.2) is 5.96 Å². The van der Waals surface area contributed by atoms with Crippen LogP contribution in [-0.2, 0) is 17.8 Å². The molecule has 1 aromatic carbocycles. The molecule has 0 radical (unpaired) electrons. The SMILES string of the molecule is CCNC(=NCc1ccccc1CN(C)C)NCC1CCCOC1C(C)(C)C. The van der Waals surface area contributed by atoms with Gasteiger partial charge < -0.3 is 20.3 Å². The second-order valence-electron chi connectivity index (χ2n) is 9.14. The summed E-state index contributed by atoms with van der Waals surface area (Å²) < 4.78 is 6.12. The van der Waals surface area contributed by atoms with Crippen LogP contribution in [0.25, 0.3) is 0 Å². The smallest absolute Gasteiger partial charge is 0.191 e. The standard InChI is InChI=1S/C23H40N4O/c1-7-24-22(25-15-18-11-8-9-12-20(18)17-27(5)6)26-16-19-13-10-14-28-21(19)23(2,3)4/h8-9,11-12,19,21H,7,10,13-17H2,1-6H3,(H2,24,25,26). The molecule has 2 atom stereocenters. The van der Waals surface area contributed by atoms with Crippen LogP contribution in [0, 0.1) is 11.3 Å². The molecule has 28 heavy (non-hydrogen) atoms. The molecule has 1 saturated heterocycles. The second kappa shape index (κ2) is 10.8. The first-order valence-electron chi connectivity index (χ1n) is 10.7. The summed E-state index contributed by atoms with van der Waals surface area (Å²) in [5.41, 5.74) is 2.77. The van der Waals surface area contributed by atoms with Crippen molar-refractivity contribution in [2.75, 3.05) is 33.8 Å². The number of hydrogen-bond donors (Lipinski definition) is 2. The van der Waals surface area contributed by atoms with Crippen molar-refractivity contribution in [1.29, 1.82) is 0 Å².